The monoisotopic (exact) mass is 1080 g/mol. The van der Waals surface area contributed by atoms with Crippen LogP contribution in [0.3, 0.4) is 0 Å². The molecule has 77 heavy (non-hydrogen) atoms. The van der Waals surface area contributed by atoms with Crippen LogP contribution < -0.4 is 37.5 Å². The second-order valence-electron chi connectivity index (χ2n) is 18.0. The van der Waals surface area contributed by atoms with Crippen LogP contribution in [0.5, 0.6) is 0 Å². The van der Waals surface area contributed by atoms with Gasteiger partial charge in [-0.05, 0) is 42.2 Å². The zero-order valence-corrected chi connectivity index (χ0v) is 43.1. The van der Waals surface area contributed by atoms with Crippen molar-refractivity contribution in [2.45, 2.75) is 70.1 Å². The van der Waals surface area contributed by atoms with E-state index in [1.165, 1.54) is 22.4 Å². The van der Waals surface area contributed by atoms with E-state index < -0.39 is 90.0 Å². The maximum absolute atomic E-state index is 15.0. The Morgan fingerprint density at radius 1 is 0.818 bits per heavy atom. The van der Waals surface area contributed by atoms with Crippen molar-refractivity contribution in [3.8, 4) is 11.4 Å². The van der Waals surface area contributed by atoms with Crippen molar-refractivity contribution in [3.05, 3.63) is 110 Å². The van der Waals surface area contributed by atoms with Gasteiger partial charge in [0.1, 0.15) is 18.5 Å². The number of nitrogens with zero attached hydrogens (tertiary/aromatic N) is 3. The minimum Gasteiger partial charge on any atom is -0.458 e. The van der Waals surface area contributed by atoms with E-state index in [0.717, 1.165) is 22.6 Å². The molecule has 7 N–H and O–H groups in total. The number of thioether (sulfide) groups is 1. The lowest BCUT2D eigenvalue weighted by Gasteiger charge is -2.31. The maximum Gasteiger partial charge on any atom is 0.343 e. The predicted octanol–water partition coefficient (Wildman–Crippen LogP) is -0.235. The van der Waals surface area contributed by atoms with Crippen LogP contribution in [0, 0.1) is 12.7 Å². The van der Waals surface area contributed by atoms with Gasteiger partial charge in [0.25, 0.3) is 17.4 Å². The molecule has 25 heteroatoms. The van der Waals surface area contributed by atoms with Crippen molar-refractivity contribution < 1.29 is 66.9 Å². The summed E-state index contributed by atoms with van der Waals surface area (Å²) < 4.78 is 32.4. The summed E-state index contributed by atoms with van der Waals surface area (Å²) in [5.41, 5.74) is 1.42. The van der Waals surface area contributed by atoms with Crippen LogP contribution in [0.2, 0.25) is 0 Å². The van der Waals surface area contributed by atoms with Crippen molar-refractivity contribution in [2.75, 3.05) is 65.0 Å². The molecule has 0 aliphatic carbocycles. The molecule has 408 valence electrons. The summed E-state index contributed by atoms with van der Waals surface area (Å²) in [5.74, 6) is -5.33. The largest absolute Gasteiger partial charge is 0.458 e. The average molecular weight is 1080 g/mol. The topological polar surface area (TPSA) is 312 Å². The Labute approximate surface area is 444 Å². The van der Waals surface area contributed by atoms with Crippen LogP contribution in [-0.4, -0.2) is 144 Å². The molecule has 0 bridgehead atoms. The third-order valence-corrected chi connectivity index (χ3v) is 13.7. The van der Waals surface area contributed by atoms with E-state index in [2.05, 4.69) is 31.9 Å². The number of hydrogen-bond donors (Lipinski definition) is 7. The van der Waals surface area contributed by atoms with Gasteiger partial charge >= 0.3 is 5.97 Å². The van der Waals surface area contributed by atoms with Crippen LogP contribution in [0.4, 0.5) is 4.39 Å². The zero-order chi connectivity index (χ0) is 55.2. The van der Waals surface area contributed by atoms with Gasteiger partial charge in [-0.15, -0.1) is 11.8 Å². The number of carbonyl (C=O) groups is 9. The van der Waals surface area contributed by atoms with E-state index in [1.54, 1.807) is 56.3 Å². The van der Waals surface area contributed by atoms with E-state index in [9.17, 15) is 57.4 Å². The number of carbonyl (C=O) groups excluding carboxylic acids is 9. The molecule has 0 radical (unpaired) electrons. The molecule has 3 aliphatic heterocycles. The second-order valence-corrected chi connectivity index (χ2v) is 19.0. The van der Waals surface area contributed by atoms with Gasteiger partial charge in [0.2, 0.25) is 35.4 Å². The molecule has 0 spiro atoms. The van der Waals surface area contributed by atoms with Gasteiger partial charge in [0.05, 0.1) is 81.0 Å². The summed E-state index contributed by atoms with van der Waals surface area (Å²) >= 11 is 1.31. The Bertz CT molecular complexity index is 3040. The number of aromatic nitrogens is 2. The van der Waals surface area contributed by atoms with Crippen molar-refractivity contribution in [2.24, 2.45) is 0 Å². The molecule has 0 saturated carbocycles. The fourth-order valence-corrected chi connectivity index (χ4v) is 9.51. The summed E-state index contributed by atoms with van der Waals surface area (Å²) in [6, 6.07) is 12.2. The maximum atomic E-state index is 15.0. The number of cyclic esters (lactones) is 1. The Balaban J connectivity index is 0.819. The predicted molar refractivity (Wildman–Crippen MR) is 274 cm³/mol. The molecule has 0 fully saturated rings. The van der Waals surface area contributed by atoms with Crippen LogP contribution in [0.1, 0.15) is 59.6 Å². The first kappa shape index (κ1) is 56.8. The molecule has 2 atom stereocenters. The number of amides is 8. The number of fused-ring (bicyclic) bond motifs is 5. The van der Waals surface area contributed by atoms with Gasteiger partial charge in [-0.1, -0.05) is 37.3 Å². The van der Waals surface area contributed by atoms with Crippen LogP contribution in [0.15, 0.2) is 65.5 Å². The van der Waals surface area contributed by atoms with Gasteiger partial charge in [-0.2, -0.15) is 0 Å². The fraction of sp³-hybridized carbons (Fsp3) is 0.404. The number of imide groups is 1. The smallest absolute Gasteiger partial charge is 0.343 e. The molecule has 5 heterocycles. The van der Waals surface area contributed by atoms with Gasteiger partial charge < -0.3 is 55.8 Å². The number of hydrogen-bond acceptors (Lipinski definition) is 16. The number of rotatable bonds is 27. The highest BCUT2D eigenvalue weighted by atomic mass is 32.2. The number of aryl methyl sites for hydroxylation is 1. The van der Waals surface area contributed by atoms with Gasteiger partial charge in [0, 0.05) is 72.8 Å². The van der Waals surface area contributed by atoms with Crippen molar-refractivity contribution in [3.63, 3.8) is 0 Å². The molecule has 3 aliphatic rings. The van der Waals surface area contributed by atoms with Crippen LogP contribution in [-0.2, 0) is 88.3 Å². The number of esters is 1. The summed E-state index contributed by atoms with van der Waals surface area (Å²) in [6.45, 7) is 2.35. The van der Waals surface area contributed by atoms with Crippen molar-refractivity contribution >= 4 is 75.9 Å². The second kappa shape index (κ2) is 26.3. The first-order valence-electron chi connectivity index (χ1n) is 24.7. The Kier molecular flexibility index (Phi) is 19.4. The lowest BCUT2D eigenvalue weighted by molar-refractivity contribution is -0.172. The van der Waals surface area contributed by atoms with Gasteiger partial charge in [-0.25, -0.2) is 14.2 Å². The lowest BCUT2D eigenvalue weighted by atomic mass is 9.86. The first-order chi connectivity index (χ1) is 37.0. The van der Waals surface area contributed by atoms with Crippen LogP contribution >= 0.6 is 11.8 Å². The molecule has 7 rings (SSSR count). The normalized spacial score (nSPS) is 15.5. The minimum atomic E-state index is -2.03. The van der Waals surface area contributed by atoms with Gasteiger partial charge in [-0.3, -0.25) is 48.1 Å². The Morgan fingerprint density at radius 2 is 1.49 bits per heavy atom. The Hall–Kier alpha value is -7.87. The fourth-order valence-electron chi connectivity index (χ4n) is 8.61. The lowest BCUT2D eigenvalue weighted by Crippen LogP contribution is -2.52. The Morgan fingerprint density at radius 3 is 2.23 bits per heavy atom. The van der Waals surface area contributed by atoms with Crippen molar-refractivity contribution in [1.29, 1.82) is 0 Å². The van der Waals surface area contributed by atoms with Crippen molar-refractivity contribution in [1.82, 2.24) is 46.4 Å². The van der Waals surface area contributed by atoms with E-state index in [-0.39, 0.29) is 107 Å². The zero-order valence-electron chi connectivity index (χ0n) is 42.3. The van der Waals surface area contributed by atoms with E-state index in [4.69, 9.17) is 19.2 Å². The number of nitrogens with one attached hydrogen (secondary N) is 6. The SMILES string of the molecule is CC[C@@]1(O)C(=O)OCc2c1cc1n(c2=O)Cc2c-1nc1cc(F)c(C)cc1c2CSCNC(=O)CNC(=O)[C@H](Cc1ccccc1)NC(=O)CNC(=O)CNC(=O)CCOCCOCCNC(=O)CCN1C(=O)C=CC1=O. The summed E-state index contributed by atoms with van der Waals surface area (Å²) in [4.78, 5) is 132. The quantitative estimate of drug-likeness (QED) is 0.0155. The number of pyridine rings is 2. The van der Waals surface area contributed by atoms with Crippen LogP contribution in [0.25, 0.3) is 22.3 Å². The highest BCUT2D eigenvalue weighted by molar-refractivity contribution is 7.98. The molecule has 0 saturated heterocycles. The molecule has 8 amide bonds. The minimum absolute atomic E-state index is 0.0226. The first-order valence-corrected chi connectivity index (χ1v) is 25.9. The molecular weight excluding hydrogens is 1030 g/mol. The molecule has 2 aromatic heterocycles. The molecule has 2 aromatic carbocycles. The summed E-state index contributed by atoms with van der Waals surface area (Å²) in [6.07, 6.45) is 2.20. The number of halogens is 1. The summed E-state index contributed by atoms with van der Waals surface area (Å²) in [5, 5.41) is 27.3. The molecular formula is C52H58FN9O14S. The molecule has 4 aromatic rings. The average Bonchev–Trinajstić information content (AvgIpc) is 4.14. The number of aliphatic hydroxyl groups is 1. The standard InChI is InChI=1S/C52H58FN9O14S/c1-3-52(73)36-21-40-48-33(26-62(40)50(71)34(36)27-76-51(52)72)35(32-19-30(2)37(53)22-38(32)60-48)28-77-29-58-44(66)24-57-49(70)39(20-31-7-5-4-6-8-31)59-45(67)25-56-43(65)23-55-42(64)12-15-74-17-18-75-16-13-54-41(63)11-14-61-46(68)9-10-47(61)69/h4-10,19,21-22,39,73H,3,11-18,20,23-29H2,1-2H3,(H,54,63)(H,55,64)(H,56,65)(H,57,70)(H,58,66)(H,59,67)/t39-,52-/m0/s1. The van der Waals surface area contributed by atoms with E-state index >= 15 is 0 Å². The highest BCUT2D eigenvalue weighted by Crippen LogP contribution is 2.41. The third kappa shape index (κ3) is 14.3. The van der Waals surface area contributed by atoms with E-state index in [0.29, 0.717) is 39.0 Å². The molecule has 23 nitrogen and oxygen atoms in total. The number of benzene rings is 2. The number of ether oxygens (including phenoxy) is 3. The molecule has 0 unspecified atom stereocenters. The van der Waals surface area contributed by atoms with E-state index in [1.807, 2.05) is 0 Å². The highest BCUT2D eigenvalue weighted by Gasteiger charge is 2.45. The third-order valence-electron chi connectivity index (χ3n) is 12.8. The summed E-state index contributed by atoms with van der Waals surface area (Å²) in [7, 11) is 0. The van der Waals surface area contributed by atoms with Gasteiger partial charge in [0.15, 0.2) is 5.60 Å².